The van der Waals surface area contributed by atoms with Crippen LogP contribution in [0.15, 0.2) is 36.4 Å². The Morgan fingerprint density at radius 3 is 2.50 bits per heavy atom. The van der Waals surface area contributed by atoms with Crippen LogP contribution in [0.5, 0.6) is 5.75 Å². The van der Waals surface area contributed by atoms with Crippen molar-refractivity contribution < 1.29 is 4.74 Å². The predicted molar refractivity (Wildman–Crippen MR) is 83.4 cm³/mol. The van der Waals surface area contributed by atoms with Gasteiger partial charge in [0.25, 0.3) is 0 Å². The van der Waals surface area contributed by atoms with Crippen LogP contribution < -0.4 is 10.1 Å². The van der Waals surface area contributed by atoms with Gasteiger partial charge in [0.05, 0.1) is 0 Å². The van der Waals surface area contributed by atoms with Crippen molar-refractivity contribution in [2.75, 3.05) is 13.6 Å². The number of ether oxygens (including phenoxy) is 1. The van der Waals surface area contributed by atoms with Crippen LogP contribution in [0.2, 0.25) is 0 Å². The molecule has 2 heteroatoms. The molecule has 0 aromatic heterocycles. The molecule has 1 heterocycles. The van der Waals surface area contributed by atoms with Crippen molar-refractivity contribution in [3.63, 3.8) is 0 Å². The minimum atomic E-state index is 0.250. The van der Waals surface area contributed by atoms with Crippen molar-refractivity contribution in [1.82, 2.24) is 5.32 Å². The third-order valence-electron chi connectivity index (χ3n) is 4.01. The van der Waals surface area contributed by atoms with Gasteiger partial charge in [0.1, 0.15) is 11.9 Å². The Kier molecular flexibility index (Phi) is 3.49. The SMILES string of the molecule is CNC[C@@H]1Cc2cccc(-c3c(C)cccc3C)c2O1. The average molecular weight is 267 g/mol. The standard InChI is InChI=1S/C18H21NO/c1-12-6-4-7-13(2)17(12)16-9-5-8-14-10-15(11-19-3)20-18(14)16/h4-9,15,19H,10-11H2,1-3H3/t15-/m0/s1. The van der Waals surface area contributed by atoms with Gasteiger partial charge in [-0.05, 0) is 43.1 Å². The molecule has 2 aromatic carbocycles. The zero-order valence-corrected chi connectivity index (χ0v) is 12.4. The van der Waals surface area contributed by atoms with E-state index in [-0.39, 0.29) is 6.10 Å². The molecule has 0 aliphatic carbocycles. The second kappa shape index (κ2) is 5.29. The minimum Gasteiger partial charge on any atom is -0.488 e. The fraction of sp³-hybridized carbons (Fsp3) is 0.333. The van der Waals surface area contributed by atoms with E-state index in [2.05, 4.69) is 55.6 Å². The lowest BCUT2D eigenvalue weighted by Crippen LogP contribution is -2.27. The number of fused-ring (bicyclic) bond motifs is 1. The number of benzene rings is 2. The van der Waals surface area contributed by atoms with Crippen LogP contribution in [0, 0.1) is 13.8 Å². The summed E-state index contributed by atoms with van der Waals surface area (Å²) < 4.78 is 6.18. The molecule has 0 radical (unpaired) electrons. The summed E-state index contributed by atoms with van der Waals surface area (Å²) in [6.07, 6.45) is 1.25. The minimum absolute atomic E-state index is 0.250. The molecule has 2 nitrogen and oxygen atoms in total. The average Bonchev–Trinajstić information content (AvgIpc) is 2.82. The van der Waals surface area contributed by atoms with Crippen molar-refractivity contribution in [1.29, 1.82) is 0 Å². The van der Waals surface area contributed by atoms with Crippen molar-refractivity contribution in [3.8, 4) is 16.9 Å². The maximum Gasteiger partial charge on any atom is 0.130 e. The largest absolute Gasteiger partial charge is 0.488 e. The highest BCUT2D eigenvalue weighted by molar-refractivity contribution is 5.78. The lowest BCUT2D eigenvalue weighted by atomic mass is 9.93. The number of aryl methyl sites for hydroxylation is 2. The molecule has 3 rings (SSSR count). The summed E-state index contributed by atoms with van der Waals surface area (Å²) in [4.78, 5) is 0. The number of hydrogen-bond acceptors (Lipinski definition) is 2. The van der Waals surface area contributed by atoms with Gasteiger partial charge >= 0.3 is 0 Å². The second-order valence-corrected chi connectivity index (χ2v) is 5.56. The molecule has 1 aliphatic rings. The third kappa shape index (κ3) is 2.20. The van der Waals surface area contributed by atoms with Crippen molar-refractivity contribution in [2.24, 2.45) is 0 Å². The lowest BCUT2D eigenvalue weighted by molar-refractivity contribution is 0.232. The Hall–Kier alpha value is -1.80. The van der Waals surface area contributed by atoms with Gasteiger partial charge in [0.15, 0.2) is 0 Å². The summed E-state index contributed by atoms with van der Waals surface area (Å²) in [5, 5.41) is 3.20. The number of rotatable bonds is 3. The highest BCUT2D eigenvalue weighted by atomic mass is 16.5. The summed E-state index contributed by atoms with van der Waals surface area (Å²) >= 11 is 0. The van der Waals surface area contributed by atoms with Gasteiger partial charge in [0, 0.05) is 18.5 Å². The smallest absolute Gasteiger partial charge is 0.130 e. The monoisotopic (exact) mass is 267 g/mol. The van der Waals surface area contributed by atoms with E-state index in [1.807, 2.05) is 7.05 Å². The van der Waals surface area contributed by atoms with E-state index < -0.39 is 0 Å². The number of para-hydroxylation sites is 1. The Balaban J connectivity index is 2.08. The zero-order chi connectivity index (χ0) is 14.1. The van der Waals surface area contributed by atoms with Gasteiger partial charge in [-0.1, -0.05) is 36.4 Å². The van der Waals surface area contributed by atoms with E-state index in [9.17, 15) is 0 Å². The number of likely N-dealkylation sites (N-methyl/N-ethyl adjacent to an activating group) is 1. The maximum absolute atomic E-state index is 6.18. The maximum atomic E-state index is 6.18. The van der Waals surface area contributed by atoms with Crippen LogP contribution >= 0.6 is 0 Å². The Morgan fingerprint density at radius 1 is 1.10 bits per heavy atom. The molecule has 20 heavy (non-hydrogen) atoms. The van der Waals surface area contributed by atoms with Gasteiger partial charge in [-0.3, -0.25) is 0 Å². The molecule has 0 saturated carbocycles. The number of nitrogens with one attached hydrogen (secondary N) is 1. The first-order chi connectivity index (χ1) is 9.70. The Morgan fingerprint density at radius 2 is 1.80 bits per heavy atom. The summed E-state index contributed by atoms with van der Waals surface area (Å²) in [5.74, 6) is 1.07. The van der Waals surface area contributed by atoms with Crippen LogP contribution in [0.25, 0.3) is 11.1 Å². The Labute approximate surface area is 120 Å². The molecule has 0 saturated heterocycles. The lowest BCUT2D eigenvalue weighted by Gasteiger charge is -2.15. The van der Waals surface area contributed by atoms with Crippen LogP contribution in [-0.4, -0.2) is 19.7 Å². The van der Waals surface area contributed by atoms with Gasteiger partial charge in [-0.25, -0.2) is 0 Å². The predicted octanol–water partition coefficient (Wildman–Crippen LogP) is 3.49. The van der Waals surface area contributed by atoms with Crippen LogP contribution in [-0.2, 0) is 6.42 Å². The molecule has 1 atom stereocenters. The van der Waals surface area contributed by atoms with Crippen molar-refractivity contribution in [3.05, 3.63) is 53.1 Å². The molecular weight excluding hydrogens is 246 g/mol. The highest BCUT2D eigenvalue weighted by Gasteiger charge is 2.25. The summed E-state index contributed by atoms with van der Waals surface area (Å²) in [7, 11) is 1.97. The van der Waals surface area contributed by atoms with Crippen LogP contribution in [0.4, 0.5) is 0 Å². The van der Waals surface area contributed by atoms with E-state index in [0.29, 0.717) is 0 Å². The molecule has 1 aliphatic heterocycles. The molecule has 0 amide bonds. The fourth-order valence-corrected chi connectivity index (χ4v) is 3.12. The second-order valence-electron chi connectivity index (χ2n) is 5.56. The molecule has 2 aromatic rings. The van der Waals surface area contributed by atoms with E-state index in [0.717, 1.165) is 18.7 Å². The van der Waals surface area contributed by atoms with Crippen LogP contribution in [0.3, 0.4) is 0 Å². The molecule has 0 spiro atoms. The van der Waals surface area contributed by atoms with E-state index >= 15 is 0 Å². The molecular formula is C18H21NO. The fourth-order valence-electron chi connectivity index (χ4n) is 3.12. The van der Waals surface area contributed by atoms with Gasteiger partial charge < -0.3 is 10.1 Å². The van der Waals surface area contributed by atoms with Gasteiger partial charge in [0.2, 0.25) is 0 Å². The Bertz CT molecular complexity index is 613. The topological polar surface area (TPSA) is 21.3 Å². The third-order valence-corrected chi connectivity index (χ3v) is 4.01. The molecule has 1 N–H and O–H groups in total. The molecule has 0 bridgehead atoms. The summed E-state index contributed by atoms with van der Waals surface area (Å²) in [6.45, 7) is 5.23. The number of hydrogen-bond donors (Lipinski definition) is 1. The van der Waals surface area contributed by atoms with E-state index in [1.54, 1.807) is 0 Å². The first-order valence-corrected chi connectivity index (χ1v) is 7.20. The summed E-state index contributed by atoms with van der Waals surface area (Å²) in [5.41, 5.74) is 6.48. The summed E-state index contributed by atoms with van der Waals surface area (Å²) in [6, 6.07) is 13.0. The van der Waals surface area contributed by atoms with Crippen molar-refractivity contribution >= 4 is 0 Å². The molecule has 0 unspecified atom stereocenters. The van der Waals surface area contributed by atoms with Crippen molar-refractivity contribution in [2.45, 2.75) is 26.4 Å². The quantitative estimate of drug-likeness (QED) is 0.919. The normalized spacial score (nSPS) is 16.9. The molecule has 0 fully saturated rings. The first-order valence-electron chi connectivity index (χ1n) is 7.20. The van der Waals surface area contributed by atoms with Gasteiger partial charge in [-0.2, -0.15) is 0 Å². The van der Waals surface area contributed by atoms with Crippen LogP contribution in [0.1, 0.15) is 16.7 Å². The van der Waals surface area contributed by atoms with E-state index in [1.165, 1.54) is 27.8 Å². The molecule has 104 valence electrons. The first kappa shape index (κ1) is 13.2. The van der Waals surface area contributed by atoms with E-state index in [4.69, 9.17) is 4.74 Å². The highest BCUT2D eigenvalue weighted by Crippen LogP contribution is 2.41. The van der Waals surface area contributed by atoms with Gasteiger partial charge in [-0.15, -0.1) is 0 Å². The zero-order valence-electron chi connectivity index (χ0n) is 12.4.